The van der Waals surface area contributed by atoms with Gasteiger partial charge in [-0.3, -0.25) is 0 Å². The van der Waals surface area contributed by atoms with Gasteiger partial charge in [0.25, 0.3) is 0 Å². The lowest BCUT2D eigenvalue weighted by Gasteiger charge is -2.12. The number of benzene rings is 1. The Morgan fingerprint density at radius 1 is 1.14 bits per heavy atom. The quantitative estimate of drug-likeness (QED) is 0.731. The van der Waals surface area contributed by atoms with Gasteiger partial charge in [-0.15, -0.1) is 0 Å². The lowest BCUT2D eigenvalue weighted by Crippen LogP contribution is -2.16. The van der Waals surface area contributed by atoms with Crippen molar-refractivity contribution in [2.45, 2.75) is 6.42 Å². The first-order chi connectivity index (χ1) is 10.7. The maximum atomic E-state index is 5.32. The number of anilines is 3. The predicted octanol–water partition coefficient (Wildman–Crippen LogP) is 2.59. The minimum Gasteiger partial charge on any atom is -0.495 e. The van der Waals surface area contributed by atoms with Gasteiger partial charge >= 0.3 is 0 Å². The zero-order chi connectivity index (χ0) is 15.8. The van der Waals surface area contributed by atoms with Gasteiger partial charge in [0.2, 0.25) is 0 Å². The van der Waals surface area contributed by atoms with E-state index in [9.17, 15) is 0 Å². The van der Waals surface area contributed by atoms with E-state index in [2.05, 4.69) is 39.6 Å². The minimum atomic E-state index is 0.731. The zero-order valence-electron chi connectivity index (χ0n) is 13.3. The number of ether oxygens (including phenoxy) is 1. The maximum absolute atomic E-state index is 5.32. The Morgan fingerprint density at radius 2 is 1.91 bits per heavy atom. The third kappa shape index (κ3) is 4.89. The van der Waals surface area contributed by atoms with Crippen molar-refractivity contribution in [1.29, 1.82) is 0 Å². The Hall–Kier alpha value is -2.34. The van der Waals surface area contributed by atoms with Crippen LogP contribution in [0.5, 0.6) is 5.75 Å². The summed E-state index contributed by atoms with van der Waals surface area (Å²) >= 11 is 0. The molecule has 0 aliphatic heterocycles. The summed E-state index contributed by atoms with van der Waals surface area (Å²) in [4.78, 5) is 10.6. The van der Waals surface area contributed by atoms with Gasteiger partial charge in [0, 0.05) is 12.6 Å². The van der Waals surface area contributed by atoms with Crippen LogP contribution >= 0.6 is 0 Å². The minimum absolute atomic E-state index is 0.731. The highest BCUT2D eigenvalue weighted by atomic mass is 16.5. The van der Waals surface area contributed by atoms with Crippen molar-refractivity contribution in [3.8, 4) is 5.75 Å². The van der Waals surface area contributed by atoms with E-state index in [-0.39, 0.29) is 0 Å². The smallest absolute Gasteiger partial charge is 0.142 e. The molecule has 2 aromatic rings. The third-order valence-corrected chi connectivity index (χ3v) is 3.13. The number of nitrogens with one attached hydrogen (secondary N) is 2. The number of nitrogens with zero attached hydrogens (tertiary/aromatic N) is 3. The van der Waals surface area contributed by atoms with Crippen LogP contribution in [-0.2, 0) is 0 Å². The van der Waals surface area contributed by atoms with Gasteiger partial charge < -0.3 is 20.3 Å². The average Bonchev–Trinajstić information content (AvgIpc) is 2.52. The van der Waals surface area contributed by atoms with E-state index in [4.69, 9.17) is 4.74 Å². The molecular formula is C16H23N5O. The van der Waals surface area contributed by atoms with Gasteiger partial charge in [0.1, 0.15) is 23.7 Å². The molecule has 0 aliphatic rings. The van der Waals surface area contributed by atoms with E-state index in [1.807, 2.05) is 30.3 Å². The third-order valence-electron chi connectivity index (χ3n) is 3.13. The first-order valence-corrected chi connectivity index (χ1v) is 7.29. The summed E-state index contributed by atoms with van der Waals surface area (Å²) in [5.74, 6) is 2.32. The van der Waals surface area contributed by atoms with E-state index >= 15 is 0 Å². The largest absolute Gasteiger partial charge is 0.495 e. The van der Waals surface area contributed by atoms with Crippen molar-refractivity contribution in [2.75, 3.05) is 44.9 Å². The molecule has 0 fully saturated rings. The maximum Gasteiger partial charge on any atom is 0.142 e. The zero-order valence-corrected chi connectivity index (χ0v) is 13.3. The first kappa shape index (κ1) is 16.0. The predicted molar refractivity (Wildman–Crippen MR) is 90.0 cm³/mol. The summed E-state index contributed by atoms with van der Waals surface area (Å²) in [5.41, 5.74) is 0.877. The summed E-state index contributed by atoms with van der Waals surface area (Å²) in [6.45, 7) is 1.92. The Kier molecular flexibility index (Phi) is 5.97. The van der Waals surface area contributed by atoms with E-state index in [0.717, 1.165) is 42.6 Å². The SMILES string of the molecule is COc1ccccc1Nc1cc(NCCCN(C)C)ncn1. The van der Waals surface area contributed by atoms with E-state index in [0.29, 0.717) is 0 Å². The number of rotatable bonds is 8. The first-order valence-electron chi connectivity index (χ1n) is 7.29. The summed E-state index contributed by atoms with van der Waals surface area (Å²) in [5, 5.41) is 6.55. The molecule has 1 aromatic carbocycles. The fourth-order valence-electron chi connectivity index (χ4n) is 2.02. The van der Waals surface area contributed by atoms with Crippen molar-refractivity contribution in [3.05, 3.63) is 36.7 Å². The Morgan fingerprint density at radius 3 is 2.68 bits per heavy atom. The normalized spacial score (nSPS) is 10.5. The molecule has 0 atom stereocenters. The van der Waals surface area contributed by atoms with Crippen LogP contribution in [0.4, 0.5) is 17.3 Å². The molecule has 0 saturated carbocycles. The highest BCUT2D eigenvalue weighted by Crippen LogP contribution is 2.26. The molecule has 2 rings (SSSR count). The fraction of sp³-hybridized carbons (Fsp3) is 0.375. The fourth-order valence-corrected chi connectivity index (χ4v) is 2.02. The molecule has 0 spiro atoms. The van der Waals surface area contributed by atoms with Crippen LogP contribution in [0.25, 0.3) is 0 Å². The summed E-state index contributed by atoms with van der Waals surface area (Å²) in [6.07, 6.45) is 2.61. The summed E-state index contributed by atoms with van der Waals surface area (Å²) in [7, 11) is 5.79. The van der Waals surface area contributed by atoms with Crippen LogP contribution < -0.4 is 15.4 Å². The summed E-state index contributed by atoms with van der Waals surface area (Å²) < 4.78 is 5.32. The molecule has 0 bridgehead atoms. The van der Waals surface area contributed by atoms with E-state index < -0.39 is 0 Å². The molecule has 2 N–H and O–H groups in total. The molecule has 118 valence electrons. The summed E-state index contributed by atoms with van der Waals surface area (Å²) in [6, 6.07) is 9.63. The van der Waals surface area contributed by atoms with Crippen LogP contribution in [0.1, 0.15) is 6.42 Å². The van der Waals surface area contributed by atoms with Crippen molar-refractivity contribution < 1.29 is 4.74 Å². The van der Waals surface area contributed by atoms with Crippen LogP contribution in [0.3, 0.4) is 0 Å². The lowest BCUT2D eigenvalue weighted by atomic mass is 10.3. The average molecular weight is 301 g/mol. The van der Waals surface area contributed by atoms with Gasteiger partial charge in [-0.1, -0.05) is 12.1 Å². The molecule has 0 amide bonds. The number of para-hydroxylation sites is 2. The topological polar surface area (TPSA) is 62.3 Å². The molecule has 1 aromatic heterocycles. The molecule has 1 heterocycles. The molecule has 6 heteroatoms. The number of methoxy groups -OCH3 is 1. The second-order valence-corrected chi connectivity index (χ2v) is 5.20. The molecule has 0 saturated heterocycles. The van der Waals surface area contributed by atoms with E-state index in [1.165, 1.54) is 0 Å². The molecule has 0 aliphatic carbocycles. The number of aromatic nitrogens is 2. The second-order valence-electron chi connectivity index (χ2n) is 5.20. The highest BCUT2D eigenvalue weighted by Gasteiger charge is 2.04. The molecule has 22 heavy (non-hydrogen) atoms. The lowest BCUT2D eigenvalue weighted by molar-refractivity contribution is 0.405. The van der Waals surface area contributed by atoms with Crippen molar-refractivity contribution >= 4 is 17.3 Å². The molecule has 0 unspecified atom stereocenters. The Labute approximate surface area is 131 Å². The van der Waals surface area contributed by atoms with Crippen LogP contribution in [0.2, 0.25) is 0 Å². The monoisotopic (exact) mass is 301 g/mol. The standard InChI is InChI=1S/C16H23N5O/c1-21(2)10-6-9-17-15-11-16(19-12-18-15)20-13-7-4-5-8-14(13)22-3/h4-5,7-8,11-12H,6,9-10H2,1-3H3,(H2,17,18,19,20). The van der Waals surface area contributed by atoms with E-state index in [1.54, 1.807) is 13.4 Å². The van der Waals surface area contributed by atoms with Crippen LogP contribution in [0, 0.1) is 0 Å². The van der Waals surface area contributed by atoms with Gasteiger partial charge in [-0.2, -0.15) is 0 Å². The Balaban J connectivity index is 1.96. The molecular weight excluding hydrogens is 278 g/mol. The van der Waals surface area contributed by atoms with Gasteiger partial charge in [0.05, 0.1) is 12.8 Å². The highest BCUT2D eigenvalue weighted by molar-refractivity contribution is 5.65. The van der Waals surface area contributed by atoms with Gasteiger partial charge in [-0.25, -0.2) is 9.97 Å². The van der Waals surface area contributed by atoms with Crippen LogP contribution in [-0.4, -0.2) is 49.2 Å². The van der Waals surface area contributed by atoms with Crippen molar-refractivity contribution in [2.24, 2.45) is 0 Å². The second kappa shape index (κ2) is 8.19. The molecule has 6 nitrogen and oxygen atoms in total. The number of hydrogen-bond donors (Lipinski definition) is 2. The van der Waals surface area contributed by atoms with Crippen molar-refractivity contribution in [3.63, 3.8) is 0 Å². The Bertz CT molecular complexity index is 588. The van der Waals surface area contributed by atoms with Crippen LogP contribution in [0.15, 0.2) is 36.7 Å². The molecule has 0 radical (unpaired) electrons. The number of hydrogen-bond acceptors (Lipinski definition) is 6. The van der Waals surface area contributed by atoms with Crippen molar-refractivity contribution in [1.82, 2.24) is 14.9 Å². The van der Waals surface area contributed by atoms with Gasteiger partial charge in [0.15, 0.2) is 0 Å². The van der Waals surface area contributed by atoms with Gasteiger partial charge in [-0.05, 0) is 39.2 Å².